The van der Waals surface area contributed by atoms with Gasteiger partial charge in [0.2, 0.25) is 0 Å². The summed E-state index contributed by atoms with van der Waals surface area (Å²) in [6.07, 6.45) is 0. The second-order valence-corrected chi connectivity index (χ2v) is 17.3. The zero-order valence-corrected chi connectivity index (χ0v) is 38.4. The molecule has 0 unspecified atom stereocenters. The standard InChI is InChI=1S/C67H46O3/c1-45(51-27-15-28-52(35-51)47-19-7-3-8-20-47)59-39-60(41-62(40-59)65(68)56-32-16-29-53(36-56)48-21-9-4-10-22-48)46(2)61-42-63(66(69)57-33-17-30-54(37-57)49-23-11-5-12-24-49)44-64(43-61)67(70)58-34-18-31-55(38-58)50-25-13-6-14-26-50/h3-44H,1-2H2. The van der Waals surface area contributed by atoms with Gasteiger partial charge in [0.25, 0.3) is 0 Å². The quantitative estimate of drug-likeness (QED) is 0.102. The first kappa shape index (κ1) is 44.5. The van der Waals surface area contributed by atoms with E-state index in [0.717, 1.165) is 61.2 Å². The van der Waals surface area contributed by atoms with Gasteiger partial charge in [0.15, 0.2) is 17.3 Å². The van der Waals surface area contributed by atoms with E-state index in [9.17, 15) is 14.4 Å². The van der Waals surface area contributed by atoms with E-state index in [0.29, 0.717) is 50.1 Å². The Kier molecular flexibility index (Phi) is 12.6. The molecule has 0 spiro atoms. The van der Waals surface area contributed by atoms with Crippen molar-refractivity contribution in [2.75, 3.05) is 0 Å². The fraction of sp³-hybridized carbons (Fsp3) is 0. The highest BCUT2D eigenvalue weighted by molar-refractivity contribution is 6.15. The molecule has 0 saturated carbocycles. The first-order valence-corrected chi connectivity index (χ1v) is 23.2. The van der Waals surface area contributed by atoms with E-state index in [-0.39, 0.29) is 17.3 Å². The molecule has 70 heavy (non-hydrogen) atoms. The van der Waals surface area contributed by atoms with Crippen molar-refractivity contribution in [3.05, 3.63) is 324 Å². The molecule has 0 radical (unpaired) electrons. The van der Waals surface area contributed by atoms with Crippen LogP contribution >= 0.6 is 0 Å². The Morgan fingerprint density at radius 3 is 0.714 bits per heavy atom. The smallest absolute Gasteiger partial charge is 0.193 e. The average Bonchev–Trinajstić information content (AvgIpc) is 3.45. The van der Waals surface area contributed by atoms with E-state index in [1.165, 1.54) is 0 Å². The first-order valence-electron chi connectivity index (χ1n) is 23.2. The minimum atomic E-state index is -0.242. The molecule has 0 aliphatic heterocycles. The number of ketones is 3. The molecular weight excluding hydrogens is 853 g/mol. The Hall–Kier alpha value is -9.31. The lowest BCUT2D eigenvalue weighted by molar-refractivity contribution is 0.102. The van der Waals surface area contributed by atoms with E-state index in [1.54, 1.807) is 30.3 Å². The van der Waals surface area contributed by atoms with Crippen LogP contribution in [0.5, 0.6) is 0 Å². The molecule has 10 aromatic carbocycles. The Morgan fingerprint density at radius 2 is 0.414 bits per heavy atom. The highest BCUT2D eigenvalue weighted by atomic mass is 16.1. The van der Waals surface area contributed by atoms with Gasteiger partial charge in [-0.1, -0.05) is 207 Å². The summed E-state index contributed by atoms with van der Waals surface area (Å²) in [5, 5.41) is 0. The van der Waals surface area contributed by atoms with Crippen molar-refractivity contribution in [1.82, 2.24) is 0 Å². The lowest BCUT2D eigenvalue weighted by atomic mass is 9.87. The Morgan fingerprint density at radius 1 is 0.200 bits per heavy atom. The predicted molar refractivity (Wildman–Crippen MR) is 287 cm³/mol. The highest BCUT2D eigenvalue weighted by Crippen LogP contribution is 2.34. The molecule has 10 rings (SSSR count). The molecule has 0 bridgehead atoms. The van der Waals surface area contributed by atoms with E-state index in [2.05, 4.69) is 37.4 Å². The zero-order chi connectivity index (χ0) is 48.0. The van der Waals surface area contributed by atoms with Gasteiger partial charge in [-0.05, 0) is 139 Å². The van der Waals surface area contributed by atoms with Crippen LogP contribution in [-0.2, 0) is 0 Å². The van der Waals surface area contributed by atoms with E-state index in [1.807, 2.05) is 200 Å². The normalized spacial score (nSPS) is 10.9. The molecule has 3 heteroatoms. The minimum Gasteiger partial charge on any atom is -0.289 e. The molecule has 3 nitrogen and oxygen atoms in total. The SMILES string of the molecule is C=C(c1cc(C(=C)c2cccc(-c3ccccc3)c2)cc(C(=O)c2cccc(-c3ccccc3)c2)c1)c1cc(C(=O)c2cccc(-c3ccccc3)c2)cc(C(=O)c2cccc(-c3ccccc3)c2)c1. The van der Waals surface area contributed by atoms with Gasteiger partial charge in [0, 0.05) is 33.4 Å². The molecule has 0 N–H and O–H groups in total. The number of hydrogen-bond donors (Lipinski definition) is 0. The van der Waals surface area contributed by atoms with Crippen molar-refractivity contribution in [1.29, 1.82) is 0 Å². The molecule has 10 aromatic rings. The Balaban J connectivity index is 1.10. The summed E-state index contributed by atoms with van der Waals surface area (Å²) in [6, 6.07) is 81.9. The van der Waals surface area contributed by atoms with Crippen LogP contribution in [0.25, 0.3) is 55.7 Å². The van der Waals surface area contributed by atoms with Crippen LogP contribution in [0.1, 0.15) is 70.0 Å². The summed E-state index contributed by atoms with van der Waals surface area (Å²) < 4.78 is 0. The molecule has 0 aliphatic rings. The number of carbonyl (C=O) groups excluding carboxylic acids is 3. The number of carbonyl (C=O) groups is 3. The van der Waals surface area contributed by atoms with Crippen LogP contribution in [0, 0.1) is 0 Å². The van der Waals surface area contributed by atoms with Gasteiger partial charge in [-0.25, -0.2) is 0 Å². The fourth-order valence-corrected chi connectivity index (χ4v) is 8.93. The monoisotopic (exact) mass is 898 g/mol. The van der Waals surface area contributed by atoms with Gasteiger partial charge < -0.3 is 0 Å². The summed E-state index contributed by atoms with van der Waals surface area (Å²) in [5.41, 5.74) is 14.5. The van der Waals surface area contributed by atoms with Crippen LogP contribution in [0.2, 0.25) is 0 Å². The molecule has 0 aliphatic carbocycles. The molecule has 0 amide bonds. The minimum absolute atomic E-state index is 0.170. The lowest BCUT2D eigenvalue weighted by Gasteiger charge is -2.16. The molecule has 0 aromatic heterocycles. The average molecular weight is 899 g/mol. The molecule has 0 fully saturated rings. The Labute approximate surface area is 409 Å². The maximum atomic E-state index is 14.8. The van der Waals surface area contributed by atoms with Crippen molar-refractivity contribution in [3.63, 3.8) is 0 Å². The third-order valence-corrected chi connectivity index (χ3v) is 12.7. The Bertz CT molecular complexity index is 3140. The fourth-order valence-electron chi connectivity index (χ4n) is 8.93. The zero-order valence-electron chi connectivity index (χ0n) is 38.4. The summed E-state index contributed by atoms with van der Waals surface area (Å²) in [7, 11) is 0. The number of benzene rings is 10. The largest absolute Gasteiger partial charge is 0.289 e. The molecular formula is C67H46O3. The van der Waals surface area contributed by atoms with E-state index >= 15 is 0 Å². The van der Waals surface area contributed by atoms with Gasteiger partial charge in [0.1, 0.15) is 0 Å². The lowest BCUT2D eigenvalue weighted by Crippen LogP contribution is -2.08. The first-order chi connectivity index (χ1) is 34.3. The van der Waals surface area contributed by atoms with Crippen molar-refractivity contribution in [2.45, 2.75) is 0 Å². The molecule has 0 atom stereocenters. The number of hydrogen-bond acceptors (Lipinski definition) is 3. The highest BCUT2D eigenvalue weighted by Gasteiger charge is 2.21. The van der Waals surface area contributed by atoms with Gasteiger partial charge in [-0.15, -0.1) is 0 Å². The molecule has 0 saturated heterocycles. The topological polar surface area (TPSA) is 51.2 Å². The molecule has 332 valence electrons. The summed E-state index contributed by atoms with van der Waals surface area (Å²) in [5.74, 6) is -0.654. The van der Waals surface area contributed by atoms with Gasteiger partial charge in [-0.2, -0.15) is 0 Å². The van der Waals surface area contributed by atoms with Crippen LogP contribution in [-0.4, -0.2) is 17.3 Å². The predicted octanol–water partition coefficient (Wildman–Crippen LogP) is 16.2. The third-order valence-electron chi connectivity index (χ3n) is 12.7. The van der Waals surface area contributed by atoms with Crippen LogP contribution in [0.15, 0.2) is 268 Å². The van der Waals surface area contributed by atoms with Crippen molar-refractivity contribution in [3.8, 4) is 44.5 Å². The van der Waals surface area contributed by atoms with E-state index < -0.39 is 0 Å². The van der Waals surface area contributed by atoms with Crippen LogP contribution < -0.4 is 0 Å². The maximum Gasteiger partial charge on any atom is 0.193 e. The van der Waals surface area contributed by atoms with Gasteiger partial charge in [0.05, 0.1) is 0 Å². The number of rotatable bonds is 14. The van der Waals surface area contributed by atoms with Crippen molar-refractivity contribution < 1.29 is 14.4 Å². The van der Waals surface area contributed by atoms with Crippen LogP contribution in [0.3, 0.4) is 0 Å². The third kappa shape index (κ3) is 9.59. The second-order valence-electron chi connectivity index (χ2n) is 17.3. The molecule has 0 heterocycles. The van der Waals surface area contributed by atoms with Crippen molar-refractivity contribution in [2.24, 2.45) is 0 Å². The van der Waals surface area contributed by atoms with Gasteiger partial charge in [-0.3, -0.25) is 14.4 Å². The summed E-state index contributed by atoms with van der Waals surface area (Å²) in [4.78, 5) is 44.3. The maximum absolute atomic E-state index is 14.8. The second kappa shape index (κ2) is 19.9. The summed E-state index contributed by atoms with van der Waals surface area (Å²) >= 11 is 0. The van der Waals surface area contributed by atoms with E-state index in [4.69, 9.17) is 0 Å². The van der Waals surface area contributed by atoms with Crippen LogP contribution in [0.4, 0.5) is 0 Å². The summed E-state index contributed by atoms with van der Waals surface area (Å²) in [6.45, 7) is 9.24. The van der Waals surface area contributed by atoms with Gasteiger partial charge >= 0.3 is 0 Å². The van der Waals surface area contributed by atoms with Crippen molar-refractivity contribution >= 4 is 28.5 Å².